The molecule has 8 nitrogen and oxygen atoms in total. The van der Waals surface area contributed by atoms with Crippen LogP contribution in [0.5, 0.6) is 0 Å². The van der Waals surface area contributed by atoms with Crippen LogP contribution < -0.4 is 5.32 Å². The molecule has 1 N–H and O–H groups in total. The number of aromatic nitrogens is 2. The molecule has 8 heteroatoms. The molecule has 0 unspecified atom stereocenters. The number of piperidine rings is 3. The minimum Gasteiger partial charge on any atom is -0.352 e. The monoisotopic (exact) mass is 449 g/mol. The Morgan fingerprint density at radius 3 is 2.67 bits per heavy atom. The molecule has 174 valence electrons. The molecule has 3 fully saturated rings. The van der Waals surface area contributed by atoms with Gasteiger partial charge in [0.15, 0.2) is 0 Å². The van der Waals surface area contributed by atoms with E-state index in [-0.39, 0.29) is 35.6 Å². The van der Waals surface area contributed by atoms with Crippen LogP contribution in [0, 0.1) is 18.8 Å². The summed E-state index contributed by atoms with van der Waals surface area (Å²) in [5.74, 6) is 0.135. The molecule has 2 bridgehead atoms. The molecule has 3 amide bonds. The molecule has 0 aliphatic carbocycles. The van der Waals surface area contributed by atoms with Crippen LogP contribution in [-0.4, -0.2) is 69.0 Å². The number of nitrogens with one attached hydrogen (secondary N) is 1. The zero-order chi connectivity index (χ0) is 22.9. The van der Waals surface area contributed by atoms with Gasteiger partial charge in [0.25, 0.3) is 5.91 Å². The first-order valence-corrected chi connectivity index (χ1v) is 11.9. The lowest BCUT2D eigenvalue weighted by Crippen LogP contribution is -2.68. The summed E-state index contributed by atoms with van der Waals surface area (Å²) in [5, 5.41) is 7.32. The maximum atomic E-state index is 13.4. The third-order valence-corrected chi connectivity index (χ3v) is 7.47. The van der Waals surface area contributed by atoms with E-state index in [0.29, 0.717) is 38.2 Å². The van der Waals surface area contributed by atoms with Gasteiger partial charge < -0.3 is 15.1 Å². The first-order valence-electron chi connectivity index (χ1n) is 11.9. The highest BCUT2D eigenvalue weighted by atomic mass is 16.2. The van der Waals surface area contributed by atoms with E-state index in [9.17, 15) is 14.4 Å². The fourth-order valence-electron chi connectivity index (χ4n) is 5.95. The van der Waals surface area contributed by atoms with Gasteiger partial charge in [0.05, 0.1) is 6.54 Å². The number of nitrogens with zero attached hydrogens (tertiary/aromatic N) is 4. The molecule has 0 saturated carbocycles. The van der Waals surface area contributed by atoms with E-state index in [1.807, 2.05) is 57.8 Å². The largest absolute Gasteiger partial charge is 0.352 e. The van der Waals surface area contributed by atoms with Gasteiger partial charge in [-0.3, -0.25) is 19.1 Å². The Morgan fingerprint density at radius 2 is 1.91 bits per heavy atom. The fraction of sp³-hybridized carbons (Fsp3) is 0.520. The van der Waals surface area contributed by atoms with Gasteiger partial charge in [0.2, 0.25) is 11.8 Å². The van der Waals surface area contributed by atoms with Crippen LogP contribution in [0.2, 0.25) is 0 Å². The van der Waals surface area contributed by atoms with Crippen LogP contribution in [0.3, 0.4) is 0 Å². The molecule has 0 radical (unpaired) electrons. The van der Waals surface area contributed by atoms with E-state index in [0.717, 1.165) is 25.0 Å². The second-order valence-electron chi connectivity index (χ2n) is 9.52. The third kappa shape index (κ3) is 4.14. The van der Waals surface area contributed by atoms with E-state index < -0.39 is 6.04 Å². The van der Waals surface area contributed by atoms with Crippen LogP contribution in [-0.2, 0) is 16.1 Å². The number of hydrogen-bond donors (Lipinski definition) is 1. The quantitative estimate of drug-likeness (QED) is 0.755. The number of hydrogen-bond acceptors (Lipinski definition) is 4. The molecular weight excluding hydrogens is 418 g/mol. The van der Waals surface area contributed by atoms with Crippen LogP contribution in [0.1, 0.15) is 41.7 Å². The van der Waals surface area contributed by atoms with Crippen molar-refractivity contribution in [2.24, 2.45) is 11.8 Å². The lowest BCUT2D eigenvalue weighted by molar-refractivity contribution is -0.159. The highest BCUT2D eigenvalue weighted by Crippen LogP contribution is 2.42. The molecule has 5 rings (SSSR count). The summed E-state index contributed by atoms with van der Waals surface area (Å²) in [5.41, 5.74) is 1.71. The topological polar surface area (TPSA) is 87.5 Å². The van der Waals surface area contributed by atoms with Crippen molar-refractivity contribution in [2.45, 2.75) is 51.2 Å². The first-order chi connectivity index (χ1) is 16.0. The Labute approximate surface area is 193 Å². The van der Waals surface area contributed by atoms with E-state index in [1.165, 1.54) is 0 Å². The second-order valence-corrected chi connectivity index (χ2v) is 9.52. The van der Waals surface area contributed by atoms with Gasteiger partial charge in [-0.2, -0.15) is 5.10 Å². The summed E-state index contributed by atoms with van der Waals surface area (Å²) in [6.45, 7) is 4.16. The van der Waals surface area contributed by atoms with Crippen LogP contribution in [0.4, 0.5) is 0 Å². The Balaban J connectivity index is 1.34. The smallest absolute Gasteiger partial charge is 0.253 e. The SMILES string of the molecule is Cc1ccnn1CCNC(=O)[C@H]1[C@@H]2C[C@@H](CN(C(=O)c3ccccc3)C2)[C@@H]2CCCC(=O)N21. The van der Waals surface area contributed by atoms with E-state index in [2.05, 4.69) is 10.4 Å². The molecule has 2 aromatic rings. The minimum atomic E-state index is -0.524. The summed E-state index contributed by atoms with van der Waals surface area (Å²) in [7, 11) is 0. The molecule has 3 saturated heterocycles. The van der Waals surface area contributed by atoms with Gasteiger partial charge in [-0.25, -0.2) is 0 Å². The lowest BCUT2D eigenvalue weighted by atomic mass is 9.71. The van der Waals surface area contributed by atoms with Crippen molar-refractivity contribution in [3.05, 3.63) is 53.9 Å². The van der Waals surface area contributed by atoms with E-state index in [1.54, 1.807) is 6.20 Å². The van der Waals surface area contributed by atoms with Crippen LogP contribution in [0.25, 0.3) is 0 Å². The Kier molecular flexibility index (Phi) is 5.91. The number of amides is 3. The summed E-state index contributed by atoms with van der Waals surface area (Å²) < 4.78 is 1.85. The van der Waals surface area contributed by atoms with Crippen molar-refractivity contribution >= 4 is 17.7 Å². The van der Waals surface area contributed by atoms with E-state index >= 15 is 0 Å². The number of rotatable bonds is 5. The molecule has 4 atom stereocenters. The number of benzene rings is 1. The Hall–Kier alpha value is -3.16. The molecule has 3 aliphatic rings. The van der Waals surface area contributed by atoms with Gasteiger partial charge >= 0.3 is 0 Å². The Bertz CT molecular complexity index is 1040. The maximum Gasteiger partial charge on any atom is 0.253 e. The standard InChI is InChI=1S/C25H31N5O3/c1-17-10-11-27-29(17)13-12-26-24(32)23-20-14-19(21-8-5-9-22(31)30(21)23)15-28(16-20)25(33)18-6-3-2-4-7-18/h2-4,6-7,10-11,19-21,23H,5,8-9,12-16H2,1H3,(H,26,32)/t19-,20+,21-,23+/m0/s1. The molecule has 4 heterocycles. The molecule has 0 spiro atoms. The zero-order valence-corrected chi connectivity index (χ0v) is 19.0. The Morgan fingerprint density at radius 1 is 1.12 bits per heavy atom. The number of carbonyl (C=O) groups excluding carboxylic acids is 3. The molecule has 1 aromatic carbocycles. The average molecular weight is 450 g/mol. The third-order valence-electron chi connectivity index (χ3n) is 7.47. The zero-order valence-electron chi connectivity index (χ0n) is 19.0. The number of carbonyl (C=O) groups is 3. The predicted octanol–water partition coefficient (Wildman–Crippen LogP) is 1.85. The van der Waals surface area contributed by atoms with Crippen LogP contribution >= 0.6 is 0 Å². The normalized spacial score (nSPS) is 26.6. The molecular formula is C25H31N5O3. The van der Waals surface area contributed by atoms with Gasteiger partial charge in [-0.05, 0) is 50.3 Å². The minimum absolute atomic E-state index is 0.00852. The number of fused-ring (bicyclic) bond motifs is 4. The fourth-order valence-corrected chi connectivity index (χ4v) is 5.95. The van der Waals surface area contributed by atoms with E-state index in [4.69, 9.17) is 0 Å². The summed E-state index contributed by atoms with van der Waals surface area (Å²) in [6.07, 6.45) is 4.87. The van der Waals surface area contributed by atoms with Crippen LogP contribution in [0.15, 0.2) is 42.6 Å². The van der Waals surface area contributed by atoms with Crippen molar-refractivity contribution in [1.29, 1.82) is 0 Å². The lowest BCUT2D eigenvalue weighted by Gasteiger charge is -2.55. The van der Waals surface area contributed by atoms with Crippen molar-refractivity contribution in [3.8, 4) is 0 Å². The van der Waals surface area contributed by atoms with Gasteiger partial charge in [-0.15, -0.1) is 0 Å². The molecule has 33 heavy (non-hydrogen) atoms. The van der Waals surface area contributed by atoms with Gasteiger partial charge in [0.1, 0.15) is 6.04 Å². The van der Waals surface area contributed by atoms with Gasteiger partial charge in [-0.1, -0.05) is 18.2 Å². The molecule has 3 aliphatic heterocycles. The summed E-state index contributed by atoms with van der Waals surface area (Å²) in [6, 6.07) is 10.8. The van der Waals surface area contributed by atoms with Gasteiger partial charge in [0, 0.05) is 55.5 Å². The number of aryl methyl sites for hydroxylation is 1. The first kappa shape index (κ1) is 21.7. The summed E-state index contributed by atoms with van der Waals surface area (Å²) >= 11 is 0. The average Bonchev–Trinajstić information content (AvgIpc) is 3.24. The highest BCUT2D eigenvalue weighted by Gasteiger charge is 2.52. The predicted molar refractivity (Wildman–Crippen MR) is 122 cm³/mol. The van der Waals surface area contributed by atoms with Crippen molar-refractivity contribution < 1.29 is 14.4 Å². The molecule has 1 aromatic heterocycles. The highest BCUT2D eigenvalue weighted by molar-refractivity contribution is 5.94. The van der Waals surface area contributed by atoms with Crippen molar-refractivity contribution in [1.82, 2.24) is 24.9 Å². The maximum absolute atomic E-state index is 13.4. The number of likely N-dealkylation sites (tertiary alicyclic amines) is 1. The summed E-state index contributed by atoms with van der Waals surface area (Å²) in [4.78, 5) is 43.4. The van der Waals surface area contributed by atoms with Crippen molar-refractivity contribution in [3.63, 3.8) is 0 Å². The second kappa shape index (κ2) is 9.00. The van der Waals surface area contributed by atoms with Crippen molar-refractivity contribution in [2.75, 3.05) is 19.6 Å².